The van der Waals surface area contributed by atoms with Crippen LogP contribution >= 0.6 is 0 Å². The molecular formula is C25H26N8O4. The Bertz CT molecular complexity index is 1510. The maximum atomic E-state index is 10.8. The number of nitrogens with one attached hydrogen (secondary N) is 2. The Labute approximate surface area is 212 Å². The number of hydrogen-bond acceptors (Lipinski definition) is 10. The van der Waals surface area contributed by atoms with Crippen LogP contribution in [0.5, 0.6) is 5.88 Å². The molecule has 5 aromatic rings. The summed E-state index contributed by atoms with van der Waals surface area (Å²) < 4.78 is 12.7. The molecule has 190 valence electrons. The first-order chi connectivity index (χ1) is 18.0. The quantitative estimate of drug-likeness (QED) is 0.239. The summed E-state index contributed by atoms with van der Waals surface area (Å²) in [6.45, 7) is 5.06. The minimum atomic E-state index is 0.0280. The number of ether oxygens (including phenoxy) is 1. The summed E-state index contributed by atoms with van der Waals surface area (Å²) in [4.78, 5) is 25.2. The van der Waals surface area contributed by atoms with Gasteiger partial charge in [0.15, 0.2) is 17.6 Å². The number of carbonyl (C=O) groups is 2. The lowest BCUT2D eigenvalue weighted by Crippen LogP contribution is -2.28. The second-order valence-corrected chi connectivity index (χ2v) is 8.01. The minimum absolute atomic E-state index is 0.0280. The minimum Gasteiger partial charge on any atom is -0.470 e. The summed E-state index contributed by atoms with van der Waals surface area (Å²) in [5.74, 6) is 1.57. The van der Waals surface area contributed by atoms with Crippen LogP contribution in [0.4, 0.5) is 0 Å². The van der Waals surface area contributed by atoms with Gasteiger partial charge in [0, 0.05) is 48.6 Å². The molecule has 0 saturated carbocycles. The molecule has 2 N–H and O–H groups in total. The van der Waals surface area contributed by atoms with Crippen molar-refractivity contribution < 1.29 is 18.8 Å². The maximum Gasteiger partial charge on any atom is 0.240 e. The molecule has 0 unspecified atom stereocenters. The number of aldehydes is 1. The summed E-state index contributed by atoms with van der Waals surface area (Å²) in [6.07, 6.45) is 2.26. The maximum absolute atomic E-state index is 10.8. The van der Waals surface area contributed by atoms with Gasteiger partial charge >= 0.3 is 0 Å². The predicted molar refractivity (Wildman–Crippen MR) is 135 cm³/mol. The van der Waals surface area contributed by atoms with Crippen molar-refractivity contribution in [2.45, 2.75) is 20.5 Å². The number of fused-ring (bicyclic) bond motifs is 3. The second-order valence-electron chi connectivity index (χ2n) is 8.01. The lowest BCUT2D eigenvalue weighted by atomic mass is 10.2. The highest BCUT2D eigenvalue weighted by Gasteiger charge is 2.18. The van der Waals surface area contributed by atoms with E-state index in [-0.39, 0.29) is 12.5 Å². The van der Waals surface area contributed by atoms with Crippen LogP contribution in [0.2, 0.25) is 0 Å². The van der Waals surface area contributed by atoms with Crippen LogP contribution < -0.4 is 15.4 Å². The van der Waals surface area contributed by atoms with Gasteiger partial charge in [-0.2, -0.15) is 4.52 Å². The first kappa shape index (κ1) is 25.4. The Hall–Kier alpha value is -4.71. The number of amides is 1. The Morgan fingerprint density at radius 1 is 1.14 bits per heavy atom. The zero-order valence-corrected chi connectivity index (χ0v) is 20.6. The molecule has 1 aromatic carbocycles. The van der Waals surface area contributed by atoms with Crippen LogP contribution in [-0.4, -0.2) is 62.3 Å². The summed E-state index contributed by atoms with van der Waals surface area (Å²) >= 11 is 0. The van der Waals surface area contributed by atoms with Gasteiger partial charge in [0.05, 0.1) is 5.69 Å². The number of rotatable bonds is 8. The van der Waals surface area contributed by atoms with Crippen LogP contribution in [0.15, 0.2) is 53.2 Å². The van der Waals surface area contributed by atoms with Crippen LogP contribution in [0.1, 0.15) is 28.7 Å². The van der Waals surface area contributed by atoms with E-state index in [1.165, 1.54) is 13.1 Å². The molecule has 0 spiro atoms. The van der Waals surface area contributed by atoms with E-state index < -0.39 is 0 Å². The van der Waals surface area contributed by atoms with Gasteiger partial charge in [-0.1, -0.05) is 23.4 Å². The molecular weight excluding hydrogens is 476 g/mol. The number of hydrogen-bond donors (Lipinski definition) is 2. The molecule has 5 rings (SSSR count). The van der Waals surface area contributed by atoms with Crippen LogP contribution in [0.25, 0.3) is 27.9 Å². The smallest absolute Gasteiger partial charge is 0.240 e. The van der Waals surface area contributed by atoms with E-state index in [0.29, 0.717) is 46.6 Å². The van der Waals surface area contributed by atoms with Crippen molar-refractivity contribution in [3.63, 3.8) is 0 Å². The van der Waals surface area contributed by atoms with Gasteiger partial charge in [-0.25, -0.2) is 0 Å². The van der Waals surface area contributed by atoms with Crippen molar-refractivity contribution in [1.82, 2.24) is 40.6 Å². The van der Waals surface area contributed by atoms with Gasteiger partial charge in [0.1, 0.15) is 12.4 Å². The number of aromatic nitrogens is 6. The Morgan fingerprint density at radius 3 is 2.59 bits per heavy atom. The van der Waals surface area contributed by atoms with Gasteiger partial charge in [-0.3, -0.25) is 14.6 Å². The molecule has 0 fully saturated rings. The molecule has 12 nitrogen and oxygen atoms in total. The van der Waals surface area contributed by atoms with E-state index in [1.807, 2.05) is 31.3 Å². The first-order valence-electron chi connectivity index (χ1n) is 11.5. The molecule has 0 aliphatic carbocycles. The zero-order chi connectivity index (χ0) is 26.2. The average molecular weight is 503 g/mol. The van der Waals surface area contributed by atoms with Gasteiger partial charge in [0.2, 0.25) is 17.6 Å². The summed E-state index contributed by atoms with van der Waals surface area (Å²) in [7, 11) is 1.85. The highest BCUT2D eigenvalue weighted by molar-refractivity contribution is 5.96. The number of nitrogens with zero attached hydrogens (tertiary/aromatic N) is 6. The van der Waals surface area contributed by atoms with E-state index in [0.717, 1.165) is 23.6 Å². The SMILES string of the molecule is CNCCNC(C)=O.Cc1cc(-c2nnc3c4ccccc4c(OCc4ccc(C=O)cn4)nn23)no1. The molecule has 0 aliphatic heterocycles. The Balaban J connectivity index is 0.000000349. The third-order valence-electron chi connectivity index (χ3n) is 5.18. The number of carbonyl (C=O) groups excluding carboxylic acids is 2. The molecule has 0 radical (unpaired) electrons. The van der Waals surface area contributed by atoms with Crippen LogP contribution in [0.3, 0.4) is 0 Å². The molecule has 37 heavy (non-hydrogen) atoms. The number of aryl methyl sites for hydroxylation is 1. The largest absolute Gasteiger partial charge is 0.470 e. The van der Waals surface area contributed by atoms with Crippen molar-refractivity contribution in [3.05, 3.63) is 65.7 Å². The first-order valence-corrected chi connectivity index (χ1v) is 11.5. The van der Waals surface area contributed by atoms with Gasteiger partial charge in [0.25, 0.3) is 0 Å². The van der Waals surface area contributed by atoms with E-state index >= 15 is 0 Å². The van der Waals surface area contributed by atoms with Crippen molar-refractivity contribution >= 4 is 28.6 Å². The van der Waals surface area contributed by atoms with E-state index in [9.17, 15) is 9.59 Å². The fraction of sp³-hybridized carbons (Fsp3) is 0.240. The molecule has 0 saturated heterocycles. The van der Waals surface area contributed by atoms with Crippen molar-refractivity contribution in [2.24, 2.45) is 0 Å². The third-order valence-corrected chi connectivity index (χ3v) is 5.18. The topological polar surface area (TPSA) is 149 Å². The third kappa shape index (κ3) is 6.11. The van der Waals surface area contributed by atoms with Crippen LogP contribution in [-0.2, 0) is 11.4 Å². The highest BCUT2D eigenvalue weighted by atomic mass is 16.5. The lowest BCUT2D eigenvalue weighted by Gasteiger charge is -2.09. The molecule has 0 bridgehead atoms. The predicted octanol–water partition coefficient (Wildman–Crippen LogP) is 2.37. The highest BCUT2D eigenvalue weighted by Crippen LogP contribution is 2.29. The van der Waals surface area contributed by atoms with E-state index in [2.05, 4.69) is 36.1 Å². The van der Waals surface area contributed by atoms with Gasteiger partial charge in [-0.05, 0) is 32.2 Å². The van der Waals surface area contributed by atoms with Crippen molar-refractivity contribution in [2.75, 3.05) is 20.1 Å². The second kappa shape index (κ2) is 11.8. The molecule has 0 atom stereocenters. The number of pyridine rings is 1. The number of benzene rings is 1. The Morgan fingerprint density at radius 2 is 1.95 bits per heavy atom. The standard InChI is InChI=1S/C20H14N6O3.C5H12N2O/c1-12-8-17(25-29-12)19-23-22-18-15-4-2-3-5-16(15)20(24-26(18)19)28-11-14-7-6-13(10-27)9-21-14;1-5(8)7-4-3-6-2/h2-10H,11H2,1H3;6H,3-4H2,1-2H3,(H,7,8). The van der Waals surface area contributed by atoms with E-state index in [1.54, 1.807) is 29.6 Å². The molecule has 4 heterocycles. The molecule has 0 aliphatic rings. The zero-order valence-electron chi connectivity index (χ0n) is 20.6. The van der Waals surface area contributed by atoms with Gasteiger partial charge in [-0.15, -0.1) is 15.3 Å². The Kier molecular flexibility index (Phi) is 8.11. The van der Waals surface area contributed by atoms with Crippen LogP contribution in [0, 0.1) is 6.92 Å². The molecule has 1 amide bonds. The van der Waals surface area contributed by atoms with Crippen molar-refractivity contribution in [3.8, 4) is 17.4 Å². The lowest BCUT2D eigenvalue weighted by molar-refractivity contribution is -0.118. The summed E-state index contributed by atoms with van der Waals surface area (Å²) in [5, 5.41) is 24.3. The fourth-order valence-electron chi connectivity index (χ4n) is 3.39. The summed E-state index contributed by atoms with van der Waals surface area (Å²) in [5.41, 5.74) is 2.32. The van der Waals surface area contributed by atoms with E-state index in [4.69, 9.17) is 9.26 Å². The fourth-order valence-corrected chi connectivity index (χ4v) is 3.39. The number of likely N-dealkylation sites (N-methyl/N-ethyl adjacent to an activating group) is 1. The summed E-state index contributed by atoms with van der Waals surface area (Å²) in [6, 6.07) is 12.9. The average Bonchev–Trinajstić information content (AvgIpc) is 3.54. The van der Waals surface area contributed by atoms with Gasteiger partial charge < -0.3 is 19.9 Å². The normalized spacial score (nSPS) is 10.7. The van der Waals surface area contributed by atoms with Crippen molar-refractivity contribution in [1.29, 1.82) is 0 Å². The molecule has 12 heteroatoms. The molecule has 4 aromatic heterocycles. The monoisotopic (exact) mass is 502 g/mol.